The number of benzene rings is 2. The van der Waals surface area contributed by atoms with Gasteiger partial charge in [-0.05, 0) is 49.2 Å². The Morgan fingerprint density at radius 3 is 2.32 bits per heavy atom. The van der Waals surface area contributed by atoms with Gasteiger partial charge in [0.2, 0.25) is 5.91 Å². The van der Waals surface area contributed by atoms with E-state index < -0.39 is 36.1 Å². The Bertz CT molecular complexity index is 993. The van der Waals surface area contributed by atoms with Crippen molar-refractivity contribution in [3.8, 4) is 0 Å². The van der Waals surface area contributed by atoms with Crippen molar-refractivity contribution in [3.05, 3.63) is 58.1 Å². The summed E-state index contributed by atoms with van der Waals surface area (Å²) in [5.74, 6) is -2.07. The van der Waals surface area contributed by atoms with Crippen LogP contribution in [0.15, 0.2) is 36.4 Å². The number of ether oxygens (including phenoxy) is 1. The lowest BCUT2D eigenvalue weighted by molar-refractivity contribution is -0.147. The predicted molar refractivity (Wildman–Crippen MR) is 110 cm³/mol. The van der Waals surface area contributed by atoms with Gasteiger partial charge in [0.15, 0.2) is 6.61 Å². The molecule has 2 amide bonds. The lowest BCUT2D eigenvalue weighted by atomic mass is 10.1. The molecule has 0 unspecified atom stereocenters. The summed E-state index contributed by atoms with van der Waals surface area (Å²) in [5.41, 5.74) is 1.27. The Balaban J connectivity index is 1.80. The lowest BCUT2D eigenvalue weighted by Crippen LogP contribution is -2.22. The second-order valence-electron chi connectivity index (χ2n) is 6.70. The van der Waals surface area contributed by atoms with Crippen molar-refractivity contribution in [3.63, 3.8) is 0 Å². The lowest BCUT2D eigenvalue weighted by Gasteiger charge is -2.12. The zero-order valence-electron chi connectivity index (χ0n) is 16.7. The third kappa shape index (κ3) is 7.29. The summed E-state index contributed by atoms with van der Waals surface area (Å²) in [5, 5.41) is 4.78. The number of carbonyl (C=O) groups excluding carboxylic acids is 3. The maximum absolute atomic E-state index is 12.8. The average Bonchev–Trinajstić information content (AvgIpc) is 2.69. The summed E-state index contributed by atoms with van der Waals surface area (Å²) >= 11 is 5.81. The highest BCUT2D eigenvalue weighted by atomic mass is 35.5. The zero-order chi connectivity index (χ0) is 23.2. The minimum atomic E-state index is -4.59. The molecule has 0 aliphatic carbocycles. The van der Waals surface area contributed by atoms with Crippen molar-refractivity contribution in [2.24, 2.45) is 0 Å². The second-order valence-corrected chi connectivity index (χ2v) is 7.10. The highest BCUT2D eigenvalue weighted by molar-refractivity contribution is 6.33. The summed E-state index contributed by atoms with van der Waals surface area (Å²) in [7, 11) is 0. The van der Waals surface area contributed by atoms with Gasteiger partial charge < -0.3 is 15.4 Å². The first-order valence-electron chi connectivity index (χ1n) is 9.15. The number of anilines is 2. The molecule has 0 saturated carbocycles. The molecule has 0 spiro atoms. The molecule has 31 heavy (non-hydrogen) atoms. The van der Waals surface area contributed by atoms with Crippen LogP contribution in [-0.4, -0.2) is 24.4 Å². The van der Waals surface area contributed by atoms with Crippen LogP contribution in [0.3, 0.4) is 0 Å². The molecule has 0 aromatic heterocycles. The van der Waals surface area contributed by atoms with Gasteiger partial charge >= 0.3 is 12.1 Å². The van der Waals surface area contributed by atoms with Gasteiger partial charge in [0, 0.05) is 12.1 Å². The first-order chi connectivity index (χ1) is 14.5. The minimum absolute atomic E-state index is 0.0768. The fraction of sp³-hybridized carbons (Fsp3) is 0.286. The van der Waals surface area contributed by atoms with E-state index in [9.17, 15) is 27.6 Å². The average molecular weight is 457 g/mol. The van der Waals surface area contributed by atoms with E-state index in [2.05, 4.69) is 10.6 Å². The maximum atomic E-state index is 12.8. The van der Waals surface area contributed by atoms with Crippen molar-refractivity contribution >= 4 is 40.8 Å². The number of alkyl halides is 3. The smallest absolute Gasteiger partial charge is 0.416 e. The van der Waals surface area contributed by atoms with Crippen molar-refractivity contribution in [2.75, 3.05) is 17.2 Å². The Labute approximate surface area is 181 Å². The molecule has 0 aliphatic heterocycles. The van der Waals surface area contributed by atoms with E-state index >= 15 is 0 Å². The fourth-order valence-corrected chi connectivity index (χ4v) is 2.68. The van der Waals surface area contributed by atoms with Crippen LogP contribution >= 0.6 is 11.6 Å². The number of carbonyl (C=O) groups is 3. The molecule has 2 rings (SSSR count). The standard InChI is InChI=1S/C21H20ClF3N2O4/c1-12-4-3-5-16(13(12)2)26-19(29)11-31-20(30)9-8-18(28)27-17-10-14(21(23,24)25)6-7-15(17)22/h3-7,10H,8-9,11H2,1-2H3,(H,26,29)(H,27,28). The van der Waals surface area contributed by atoms with Crippen LogP contribution in [0, 0.1) is 13.8 Å². The third-order valence-electron chi connectivity index (χ3n) is 4.37. The number of esters is 1. The van der Waals surface area contributed by atoms with Gasteiger partial charge in [-0.2, -0.15) is 13.2 Å². The Morgan fingerprint density at radius 1 is 0.968 bits per heavy atom. The highest BCUT2D eigenvalue weighted by Crippen LogP contribution is 2.33. The molecule has 0 heterocycles. The van der Waals surface area contributed by atoms with Gasteiger partial charge in [-0.15, -0.1) is 0 Å². The fourth-order valence-electron chi connectivity index (χ4n) is 2.52. The van der Waals surface area contributed by atoms with E-state index in [0.717, 1.165) is 23.3 Å². The normalized spacial score (nSPS) is 11.0. The number of hydrogen-bond donors (Lipinski definition) is 2. The summed E-state index contributed by atoms with van der Waals surface area (Å²) in [4.78, 5) is 35.7. The second kappa shape index (κ2) is 10.3. The maximum Gasteiger partial charge on any atom is 0.416 e. The molecule has 2 aromatic rings. The van der Waals surface area contributed by atoms with Crippen molar-refractivity contribution in [1.82, 2.24) is 0 Å². The summed E-state index contributed by atoms with van der Waals surface area (Å²) in [6.45, 7) is 3.20. The number of halogens is 4. The third-order valence-corrected chi connectivity index (χ3v) is 4.70. The molecule has 0 radical (unpaired) electrons. The molecular formula is C21H20ClF3N2O4. The Hall–Kier alpha value is -3.07. The van der Waals surface area contributed by atoms with Crippen molar-refractivity contribution < 1.29 is 32.3 Å². The monoisotopic (exact) mass is 456 g/mol. The van der Waals surface area contributed by atoms with Crippen LogP contribution in [0.1, 0.15) is 29.5 Å². The van der Waals surface area contributed by atoms with Gasteiger partial charge in [-0.25, -0.2) is 0 Å². The number of amides is 2. The topological polar surface area (TPSA) is 84.5 Å². The predicted octanol–water partition coefficient (Wildman–Crippen LogP) is 4.88. The van der Waals surface area contributed by atoms with Gasteiger partial charge in [0.05, 0.1) is 22.7 Å². The van der Waals surface area contributed by atoms with Crippen molar-refractivity contribution in [1.29, 1.82) is 0 Å². The van der Waals surface area contributed by atoms with Gasteiger partial charge in [-0.3, -0.25) is 14.4 Å². The van der Waals surface area contributed by atoms with E-state index in [0.29, 0.717) is 11.8 Å². The summed E-state index contributed by atoms with van der Waals surface area (Å²) in [6.07, 6.45) is -5.31. The number of nitrogens with one attached hydrogen (secondary N) is 2. The molecule has 0 atom stereocenters. The minimum Gasteiger partial charge on any atom is -0.456 e. The summed E-state index contributed by atoms with van der Waals surface area (Å²) in [6, 6.07) is 7.89. The van der Waals surface area contributed by atoms with Gasteiger partial charge in [0.25, 0.3) is 5.91 Å². The van der Waals surface area contributed by atoms with Gasteiger partial charge in [0.1, 0.15) is 0 Å². The van der Waals surface area contributed by atoms with Crippen LogP contribution < -0.4 is 10.6 Å². The van der Waals surface area contributed by atoms with E-state index in [4.69, 9.17) is 16.3 Å². The van der Waals surface area contributed by atoms with Crippen LogP contribution in [0.25, 0.3) is 0 Å². The van der Waals surface area contributed by atoms with E-state index in [-0.39, 0.29) is 23.6 Å². The number of aryl methyl sites for hydroxylation is 1. The molecule has 0 saturated heterocycles. The summed E-state index contributed by atoms with van der Waals surface area (Å²) < 4.78 is 43.1. The SMILES string of the molecule is Cc1cccc(NC(=O)COC(=O)CCC(=O)Nc2cc(C(F)(F)F)ccc2Cl)c1C. The number of rotatable bonds is 7. The Morgan fingerprint density at radius 2 is 1.65 bits per heavy atom. The highest BCUT2D eigenvalue weighted by Gasteiger charge is 2.31. The first kappa shape index (κ1) is 24.2. The largest absolute Gasteiger partial charge is 0.456 e. The quantitative estimate of drug-likeness (QED) is 0.582. The van der Waals surface area contributed by atoms with Gasteiger partial charge in [-0.1, -0.05) is 23.7 Å². The molecule has 6 nitrogen and oxygen atoms in total. The molecule has 10 heteroatoms. The molecule has 0 bridgehead atoms. The molecule has 2 N–H and O–H groups in total. The van der Waals surface area contributed by atoms with Crippen LogP contribution in [0.4, 0.5) is 24.5 Å². The van der Waals surface area contributed by atoms with Crippen molar-refractivity contribution in [2.45, 2.75) is 32.9 Å². The Kier molecular flexibility index (Phi) is 8.04. The molecule has 166 valence electrons. The van der Waals surface area contributed by atoms with E-state index in [1.54, 1.807) is 12.1 Å². The van der Waals surface area contributed by atoms with E-state index in [1.807, 2.05) is 19.9 Å². The molecule has 0 aliphatic rings. The first-order valence-corrected chi connectivity index (χ1v) is 9.53. The molecule has 0 fully saturated rings. The molecule has 2 aromatic carbocycles. The van der Waals surface area contributed by atoms with Crippen LogP contribution in [-0.2, 0) is 25.3 Å². The zero-order valence-corrected chi connectivity index (χ0v) is 17.5. The number of hydrogen-bond acceptors (Lipinski definition) is 4. The van der Waals surface area contributed by atoms with Crippen LogP contribution in [0.2, 0.25) is 5.02 Å². The molecular weight excluding hydrogens is 437 g/mol. The van der Waals surface area contributed by atoms with Crippen LogP contribution in [0.5, 0.6) is 0 Å². The van der Waals surface area contributed by atoms with E-state index in [1.165, 1.54) is 0 Å².